The Labute approximate surface area is 95.7 Å². The molecule has 0 spiro atoms. The summed E-state index contributed by atoms with van der Waals surface area (Å²) in [7, 11) is 3.85. The number of nitrogens with one attached hydrogen (secondary N) is 1. The van der Waals surface area contributed by atoms with E-state index >= 15 is 0 Å². The lowest BCUT2D eigenvalue weighted by Gasteiger charge is -2.26. The largest absolute Gasteiger partial charge is 0.424 e. The number of likely N-dealkylation sites (N-methyl/N-ethyl adjacent to an activating group) is 1. The Morgan fingerprint density at radius 3 is 2.62 bits per heavy atom. The Morgan fingerprint density at radius 1 is 1.44 bits per heavy atom. The molecule has 0 aliphatic carbocycles. The number of nitrogens with zero attached hydrogens (tertiary/aromatic N) is 3. The maximum atomic E-state index is 10.00. The van der Waals surface area contributed by atoms with Gasteiger partial charge >= 0.3 is 0 Å². The molecule has 0 saturated heterocycles. The highest BCUT2D eigenvalue weighted by Crippen LogP contribution is 2.03. The molecule has 1 aromatic heterocycles. The summed E-state index contributed by atoms with van der Waals surface area (Å²) in [6.45, 7) is 5.09. The van der Waals surface area contributed by atoms with Gasteiger partial charge in [0.25, 0.3) is 0 Å². The fourth-order valence-corrected chi connectivity index (χ4v) is 1.58. The topological polar surface area (TPSA) is 74.4 Å². The lowest BCUT2D eigenvalue weighted by atomic mass is 10.1. The van der Waals surface area contributed by atoms with Gasteiger partial charge in [-0.2, -0.15) is 0 Å². The smallest absolute Gasteiger partial charge is 0.230 e. The van der Waals surface area contributed by atoms with E-state index in [0.717, 1.165) is 0 Å². The van der Waals surface area contributed by atoms with Crippen molar-refractivity contribution in [1.29, 1.82) is 0 Å². The van der Waals surface area contributed by atoms with Crippen LogP contribution in [0.1, 0.15) is 18.7 Å². The van der Waals surface area contributed by atoms with Crippen LogP contribution in [-0.2, 0) is 6.54 Å². The predicted molar refractivity (Wildman–Crippen MR) is 59.9 cm³/mol. The highest BCUT2D eigenvalue weighted by molar-refractivity contribution is 4.82. The van der Waals surface area contributed by atoms with E-state index in [9.17, 15) is 5.11 Å². The van der Waals surface area contributed by atoms with E-state index in [2.05, 4.69) is 15.5 Å². The van der Waals surface area contributed by atoms with Gasteiger partial charge in [0.05, 0.1) is 12.1 Å². The number of rotatable bonds is 6. The van der Waals surface area contributed by atoms with E-state index in [1.54, 1.807) is 13.8 Å². The second-order valence-electron chi connectivity index (χ2n) is 4.55. The number of aliphatic hydroxyl groups is 1. The predicted octanol–water partition coefficient (Wildman–Crippen LogP) is -0.220. The van der Waals surface area contributed by atoms with Gasteiger partial charge in [-0.3, -0.25) is 0 Å². The molecule has 1 aromatic rings. The molecule has 6 nitrogen and oxygen atoms in total. The summed E-state index contributed by atoms with van der Waals surface area (Å²) >= 11 is 0. The first kappa shape index (κ1) is 13.1. The second kappa shape index (κ2) is 5.38. The molecular weight excluding hydrogens is 208 g/mol. The van der Waals surface area contributed by atoms with Gasteiger partial charge in [-0.1, -0.05) is 0 Å². The average molecular weight is 228 g/mol. The molecule has 1 atom stereocenters. The first-order valence-electron chi connectivity index (χ1n) is 5.26. The highest BCUT2D eigenvalue weighted by Gasteiger charge is 2.20. The highest BCUT2D eigenvalue weighted by atomic mass is 16.4. The SMILES string of the molecule is Cc1nnc(CNCC(C)(O)CN(C)C)o1. The van der Waals surface area contributed by atoms with Crippen LogP contribution in [0.25, 0.3) is 0 Å². The number of hydrogen-bond acceptors (Lipinski definition) is 6. The Bertz CT molecular complexity index is 322. The molecule has 92 valence electrons. The summed E-state index contributed by atoms with van der Waals surface area (Å²) in [5, 5.41) is 20.7. The zero-order chi connectivity index (χ0) is 12.2. The lowest BCUT2D eigenvalue weighted by Crippen LogP contribution is -2.45. The molecule has 0 aliphatic heterocycles. The molecule has 1 unspecified atom stereocenters. The van der Waals surface area contributed by atoms with Crippen LogP contribution in [0, 0.1) is 6.92 Å². The molecule has 2 N–H and O–H groups in total. The number of aromatic nitrogens is 2. The van der Waals surface area contributed by atoms with Gasteiger partial charge in [0.15, 0.2) is 0 Å². The van der Waals surface area contributed by atoms with E-state index < -0.39 is 5.60 Å². The van der Waals surface area contributed by atoms with E-state index in [-0.39, 0.29) is 0 Å². The van der Waals surface area contributed by atoms with Crippen molar-refractivity contribution in [3.05, 3.63) is 11.8 Å². The minimum atomic E-state index is -0.765. The Kier molecular flexibility index (Phi) is 4.40. The molecule has 0 aromatic carbocycles. The van der Waals surface area contributed by atoms with Crippen LogP contribution >= 0.6 is 0 Å². The molecule has 0 amide bonds. The summed E-state index contributed by atoms with van der Waals surface area (Å²) in [6.07, 6.45) is 0. The monoisotopic (exact) mass is 228 g/mol. The van der Waals surface area contributed by atoms with Gasteiger partial charge in [0, 0.05) is 20.0 Å². The molecule has 0 aliphatic rings. The van der Waals surface area contributed by atoms with Gasteiger partial charge in [0.1, 0.15) is 0 Å². The summed E-state index contributed by atoms with van der Waals surface area (Å²) in [5.41, 5.74) is -0.765. The molecule has 1 heterocycles. The van der Waals surface area contributed by atoms with Crippen LogP contribution in [0.4, 0.5) is 0 Å². The molecule has 1 rings (SSSR count). The van der Waals surface area contributed by atoms with Gasteiger partial charge in [-0.25, -0.2) is 0 Å². The number of aryl methyl sites for hydroxylation is 1. The van der Waals surface area contributed by atoms with E-state index in [1.807, 2.05) is 19.0 Å². The molecule has 16 heavy (non-hydrogen) atoms. The zero-order valence-electron chi connectivity index (χ0n) is 10.3. The quantitative estimate of drug-likeness (QED) is 0.701. The molecule has 0 saturated carbocycles. The first-order valence-corrected chi connectivity index (χ1v) is 5.26. The number of hydrogen-bond donors (Lipinski definition) is 2. The van der Waals surface area contributed by atoms with Crippen molar-refractivity contribution in [3.8, 4) is 0 Å². The van der Waals surface area contributed by atoms with Gasteiger partial charge < -0.3 is 19.7 Å². The van der Waals surface area contributed by atoms with Crippen LogP contribution < -0.4 is 5.32 Å². The van der Waals surface area contributed by atoms with E-state index in [1.165, 1.54) is 0 Å². The normalized spacial score (nSPS) is 15.4. The summed E-state index contributed by atoms with van der Waals surface area (Å²) in [6, 6.07) is 0. The third-order valence-electron chi connectivity index (χ3n) is 2.01. The zero-order valence-corrected chi connectivity index (χ0v) is 10.3. The Balaban J connectivity index is 2.29. The molecule has 0 radical (unpaired) electrons. The van der Waals surface area contributed by atoms with Crippen molar-refractivity contribution >= 4 is 0 Å². The van der Waals surface area contributed by atoms with Crippen molar-refractivity contribution in [1.82, 2.24) is 20.4 Å². The second-order valence-corrected chi connectivity index (χ2v) is 4.55. The molecular formula is C10H20N4O2. The fourth-order valence-electron chi connectivity index (χ4n) is 1.58. The Morgan fingerprint density at radius 2 is 2.12 bits per heavy atom. The third kappa shape index (κ3) is 4.69. The van der Waals surface area contributed by atoms with Crippen LogP contribution in [0.5, 0.6) is 0 Å². The van der Waals surface area contributed by atoms with Crippen LogP contribution in [0.3, 0.4) is 0 Å². The fraction of sp³-hybridized carbons (Fsp3) is 0.800. The first-order chi connectivity index (χ1) is 7.39. The summed E-state index contributed by atoms with van der Waals surface area (Å²) < 4.78 is 5.20. The maximum absolute atomic E-state index is 10.00. The minimum absolute atomic E-state index is 0.477. The minimum Gasteiger partial charge on any atom is -0.424 e. The van der Waals surface area contributed by atoms with Crippen LogP contribution in [0.2, 0.25) is 0 Å². The summed E-state index contributed by atoms with van der Waals surface area (Å²) in [5.74, 6) is 1.09. The van der Waals surface area contributed by atoms with Gasteiger partial charge in [0.2, 0.25) is 11.8 Å². The van der Waals surface area contributed by atoms with Crippen molar-refractivity contribution in [2.75, 3.05) is 27.2 Å². The lowest BCUT2D eigenvalue weighted by molar-refractivity contribution is 0.0331. The maximum Gasteiger partial charge on any atom is 0.230 e. The van der Waals surface area contributed by atoms with E-state index in [4.69, 9.17) is 4.42 Å². The van der Waals surface area contributed by atoms with Gasteiger partial charge in [-0.05, 0) is 21.0 Å². The van der Waals surface area contributed by atoms with Crippen molar-refractivity contribution < 1.29 is 9.52 Å². The van der Waals surface area contributed by atoms with Gasteiger partial charge in [-0.15, -0.1) is 10.2 Å². The van der Waals surface area contributed by atoms with Crippen molar-refractivity contribution in [3.63, 3.8) is 0 Å². The average Bonchev–Trinajstić information content (AvgIpc) is 2.48. The third-order valence-corrected chi connectivity index (χ3v) is 2.01. The molecule has 6 heteroatoms. The van der Waals surface area contributed by atoms with Crippen LogP contribution in [0.15, 0.2) is 4.42 Å². The van der Waals surface area contributed by atoms with Crippen LogP contribution in [-0.4, -0.2) is 53.0 Å². The summed E-state index contributed by atoms with van der Waals surface area (Å²) in [4.78, 5) is 1.94. The van der Waals surface area contributed by atoms with E-state index in [0.29, 0.717) is 31.4 Å². The van der Waals surface area contributed by atoms with Crippen molar-refractivity contribution in [2.45, 2.75) is 26.0 Å². The Hall–Kier alpha value is -0.980. The standard InChI is InChI=1S/C10H20N4O2/c1-8-12-13-9(16-8)5-11-6-10(2,15)7-14(3)4/h11,15H,5-7H2,1-4H3. The molecule has 0 bridgehead atoms. The molecule has 0 fully saturated rings. The van der Waals surface area contributed by atoms with Crippen molar-refractivity contribution in [2.24, 2.45) is 0 Å².